The molecule has 1 aromatic carbocycles. The van der Waals surface area contributed by atoms with Crippen LogP contribution in [0.3, 0.4) is 0 Å². The molecule has 0 nitrogen and oxygen atoms in total. The molecule has 1 heteroatoms. The van der Waals surface area contributed by atoms with Gasteiger partial charge in [0.25, 0.3) is 0 Å². The molecule has 68 valence electrons. The average molecular weight is 165 g/mol. The second kappa shape index (κ2) is 16.7. The molecule has 0 spiro atoms. The Morgan fingerprint density at radius 2 is 1.42 bits per heavy atom. The molecule has 0 N–H and O–H groups in total. The van der Waals surface area contributed by atoms with E-state index in [1.54, 1.807) is 0 Å². The van der Waals surface area contributed by atoms with Gasteiger partial charge in [0.15, 0.2) is 0 Å². The Labute approximate surface area is 80.8 Å². The summed E-state index contributed by atoms with van der Waals surface area (Å²) in [4.78, 5) is 0. The van der Waals surface area contributed by atoms with Gasteiger partial charge < -0.3 is 0 Å². The van der Waals surface area contributed by atoms with E-state index in [-0.39, 0.29) is 0 Å². The van der Waals surface area contributed by atoms with Crippen LogP contribution in [-0.4, -0.2) is 7.85 Å². The van der Waals surface area contributed by atoms with E-state index in [2.05, 4.69) is 26.9 Å². The van der Waals surface area contributed by atoms with E-state index in [0.29, 0.717) is 0 Å². The van der Waals surface area contributed by atoms with Crippen LogP contribution in [-0.2, 0) is 0 Å². The molecule has 0 aliphatic rings. The second-order valence-electron chi connectivity index (χ2n) is 1.65. The van der Waals surface area contributed by atoms with Crippen molar-refractivity contribution in [2.45, 2.75) is 35.0 Å². The Hall–Kier alpha value is -0.715. The number of rotatable bonds is 0. The summed E-state index contributed by atoms with van der Waals surface area (Å²) in [5.41, 5.74) is 1.32. The summed E-state index contributed by atoms with van der Waals surface area (Å²) in [5, 5.41) is 0. The number of aryl methyl sites for hydroxylation is 1. The first-order valence-electron chi connectivity index (χ1n) is 4.99. The molecule has 0 heterocycles. The van der Waals surface area contributed by atoms with E-state index < -0.39 is 0 Å². The summed E-state index contributed by atoms with van der Waals surface area (Å²) in [6.45, 7) is 7.58. The van der Waals surface area contributed by atoms with E-state index in [4.69, 9.17) is 1.37 Å². The maximum Gasteiger partial charge on any atom is 0.0606 e. The Morgan fingerprint density at radius 1 is 1.08 bits per heavy atom. The zero-order valence-corrected chi connectivity index (χ0v) is 8.96. The monoisotopic (exact) mass is 165 g/mol. The lowest BCUT2D eigenvalue weighted by molar-refractivity contribution is 1.48. The van der Waals surface area contributed by atoms with Crippen molar-refractivity contribution >= 4 is 7.85 Å². The Balaban J connectivity index is -0.000000144. The summed E-state index contributed by atoms with van der Waals surface area (Å²) < 4.78 is 5.75. The standard InChI is InChI=1S/C7H8.C2H6.CH3B.CH4/c1-7-5-3-2-4-6-7;2*1-2;/h2-6H,1H3;1-2H3;1H3;1H4/i;;;1D. The minimum Gasteiger partial charge on any atom is -0.0999 e. The smallest absolute Gasteiger partial charge is 0.0606 e. The number of benzene rings is 1. The van der Waals surface area contributed by atoms with Crippen molar-refractivity contribution in [3.63, 3.8) is 0 Å². The van der Waals surface area contributed by atoms with Crippen LogP contribution in [0.4, 0.5) is 0 Å². The predicted octanol–water partition coefficient (Wildman–Crippen LogP) is 3.86. The zero-order chi connectivity index (χ0) is 11.1. The fourth-order valence-corrected chi connectivity index (χ4v) is 0.534. The SMILES string of the molecule is CC.Cc1ccccc1.[2H]C.[B]C. The first kappa shape index (κ1) is 13.8. The molecule has 0 aromatic heterocycles. The van der Waals surface area contributed by atoms with Gasteiger partial charge in [-0.15, -0.1) is 0 Å². The highest BCUT2D eigenvalue weighted by Gasteiger charge is 1.72. The lowest BCUT2D eigenvalue weighted by atomic mass is 10.2. The van der Waals surface area contributed by atoms with Crippen LogP contribution in [0.5, 0.6) is 0 Å². The van der Waals surface area contributed by atoms with Crippen LogP contribution in [0.15, 0.2) is 30.3 Å². The van der Waals surface area contributed by atoms with Gasteiger partial charge in [-0.2, -0.15) is 0 Å². The maximum absolute atomic E-state index is 5.75. The average Bonchev–Trinajstić information content (AvgIpc) is 2.28. The molecule has 0 bridgehead atoms. The summed E-state index contributed by atoms with van der Waals surface area (Å²) in [6.07, 6.45) is 0. The molecule has 0 saturated carbocycles. The first-order valence-corrected chi connectivity index (χ1v) is 3.99. The van der Waals surface area contributed by atoms with Crippen LogP contribution in [0.2, 0.25) is 6.82 Å². The third kappa shape index (κ3) is 12.0. The molecule has 0 saturated heterocycles. The molecule has 12 heavy (non-hydrogen) atoms. The number of hydrogen-bond acceptors (Lipinski definition) is 0. The van der Waals surface area contributed by atoms with Gasteiger partial charge in [0.2, 0.25) is 0 Å². The number of hydrogen-bond donors (Lipinski definition) is 0. The van der Waals surface area contributed by atoms with Crippen LogP contribution in [0, 0.1) is 6.92 Å². The lowest BCUT2D eigenvalue weighted by Crippen LogP contribution is -1.62. The van der Waals surface area contributed by atoms with Crippen molar-refractivity contribution in [2.24, 2.45) is 0 Å². The molecule has 0 aliphatic heterocycles. The quantitative estimate of drug-likeness (QED) is 0.512. The summed E-state index contributed by atoms with van der Waals surface area (Å²) in [6, 6.07) is 10.3. The summed E-state index contributed by atoms with van der Waals surface area (Å²) >= 11 is 0. The summed E-state index contributed by atoms with van der Waals surface area (Å²) in [7, 11) is 5.75. The predicted molar refractivity (Wildman–Crippen MR) is 60.9 cm³/mol. The largest absolute Gasteiger partial charge is 0.0999 e. The highest BCUT2D eigenvalue weighted by molar-refractivity contribution is 6.05. The molecule has 0 atom stereocenters. The van der Waals surface area contributed by atoms with Crippen LogP contribution in [0.25, 0.3) is 0 Å². The van der Waals surface area contributed by atoms with Gasteiger partial charge in [0.05, 0.1) is 7.85 Å². The molecule has 1 rings (SSSR count). The molecule has 0 unspecified atom stereocenters. The van der Waals surface area contributed by atoms with Gasteiger partial charge in [-0.3, -0.25) is 0 Å². The second-order valence-corrected chi connectivity index (χ2v) is 1.65. The van der Waals surface area contributed by atoms with Gasteiger partial charge in [-0.1, -0.05) is 64.0 Å². The van der Waals surface area contributed by atoms with Crippen molar-refractivity contribution in [1.82, 2.24) is 0 Å². The first-order chi connectivity index (χ1) is 6.39. The van der Waals surface area contributed by atoms with Crippen molar-refractivity contribution in [1.29, 1.82) is 0 Å². The molecule has 0 fully saturated rings. The maximum atomic E-state index is 5.75. The normalized spacial score (nSPS) is 6.58. The molecule has 0 aliphatic carbocycles. The zero-order valence-electron chi connectivity index (χ0n) is 9.96. The molecular weight excluding hydrogens is 143 g/mol. The minimum atomic E-state index is 1.25. The molecular formula is C11H21B. The van der Waals surface area contributed by atoms with Crippen molar-refractivity contribution in [2.75, 3.05) is 0 Å². The van der Waals surface area contributed by atoms with E-state index in [0.717, 1.165) is 0 Å². The van der Waals surface area contributed by atoms with Crippen molar-refractivity contribution in [3.05, 3.63) is 35.9 Å². The third-order valence-electron chi connectivity index (χ3n) is 0.940. The van der Waals surface area contributed by atoms with Crippen molar-refractivity contribution < 1.29 is 1.37 Å². The highest BCUT2D eigenvalue weighted by Crippen LogP contribution is 1.92. The Kier molecular flexibility index (Phi) is 19.3. The summed E-state index contributed by atoms with van der Waals surface area (Å²) in [5.74, 6) is 0. The third-order valence-corrected chi connectivity index (χ3v) is 0.940. The van der Waals surface area contributed by atoms with Gasteiger partial charge >= 0.3 is 0 Å². The fraction of sp³-hybridized carbons (Fsp3) is 0.455. The van der Waals surface area contributed by atoms with Gasteiger partial charge in [-0.05, 0) is 6.92 Å². The molecule has 1 aromatic rings. The minimum absolute atomic E-state index is 1.25. The van der Waals surface area contributed by atoms with Crippen LogP contribution < -0.4 is 0 Å². The molecule has 0 amide bonds. The molecule has 2 radical (unpaired) electrons. The topological polar surface area (TPSA) is 0 Å². The fourth-order valence-electron chi connectivity index (χ4n) is 0.534. The van der Waals surface area contributed by atoms with Gasteiger partial charge in [-0.25, -0.2) is 0 Å². The Morgan fingerprint density at radius 3 is 1.58 bits per heavy atom. The van der Waals surface area contributed by atoms with E-state index in [1.165, 1.54) is 19.8 Å². The van der Waals surface area contributed by atoms with Crippen LogP contribution in [0.1, 0.15) is 28.2 Å². The van der Waals surface area contributed by atoms with E-state index in [9.17, 15) is 0 Å². The van der Waals surface area contributed by atoms with E-state index in [1.807, 2.05) is 32.0 Å². The Bertz CT molecular complexity index is 140. The highest BCUT2D eigenvalue weighted by atomic mass is 13.8. The van der Waals surface area contributed by atoms with Gasteiger partial charge in [0.1, 0.15) is 0 Å². The lowest BCUT2D eigenvalue weighted by Gasteiger charge is -1.82. The van der Waals surface area contributed by atoms with E-state index >= 15 is 0 Å². The van der Waals surface area contributed by atoms with Gasteiger partial charge in [0, 0.05) is 1.37 Å². The van der Waals surface area contributed by atoms with Crippen LogP contribution >= 0.6 is 0 Å². The van der Waals surface area contributed by atoms with Crippen molar-refractivity contribution in [3.8, 4) is 0 Å².